The molecule has 7 nitrogen and oxygen atoms in total. The average Bonchev–Trinajstić information content (AvgIpc) is 3.05. The van der Waals surface area contributed by atoms with E-state index in [2.05, 4.69) is 5.32 Å². The fourth-order valence-corrected chi connectivity index (χ4v) is 2.43. The third-order valence-corrected chi connectivity index (χ3v) is 4.01. The molecule has 1 saturated heterocycles. The normalized spacial score (nSPS) is 16.3. The number of amides is 2. The maximum absolute atomic E-state index is 12.1. The number of hydrogen-bond acceptors (Lipinski definition) is 5. The predicted molar refractivity (Wildman–Crippen MR) is 92.6 cm³/mol. The van der Waals surface area contributed by atoms with Crippen molar-refractivity contribution in [3.8, 4) is 11.3 Å². The Morgan fingerprint density at radius 2 is 1.88 bits per heavy atom. The van der Waals surface area contributed by atoms with Crippen LogP contribution in [0, 0.1) is 0 Å². The molecule has 0 radical (unpaired) electrons. The summed E-state index contributed by atoms with van der Waals surface area (Å²) in [6, 6.07) is 9.44. The van der Waals surface area contributed by atoms with Crippen molar-refractivity contribution in [1.29, 1.82) is 0 Å². The highest BCUT2D eigenvalue weighted by molar-refractivity contribution is 7.80. The van der Waals surface area contributed by atoms with Crippen LogP contribution in [0.25, 0.3) is 17.4 Å². The maximum atomic E-state index is 12.1. The molecule has 1 aliphatic heterocycles. The Morgan fingerprint density at radius 3 is 2.52 bits per heavy atom. The van der Waals surface area contributed by atoms with Gasteiger partial charge < -0.3 is 9.52 Å². The van der Waals surface area contributed by atoms with Gasteiger partial charge in [0, 0.05) is 12.6 Å². The Hall–Kier alpha value is -3.26. The van der Waals surface area contributed by atoms with Crippen LogP contribution in [0.3, 0.4) is 0 Å². The number of carboxylic acid groups (broad SMARTS) is 1. The van der Waals surface area contributed by atoms with Gasteiger partial charge in [-0.2, -0.15) is 0 Å². The molecule has 0 spiro atoms. The van der Waals surface area contributed by atoms with Crippen molar-refractivity contribution in [2.24, 2.45) is 0 Å². The zero-order chi connectivity index (χ0) is 18.1. The van der Waals surface area contributed by atoms with Crippen LogP contribution in [-0.2, 0) is 9.59 Å². The van der Waals surface area contributed by atoms with E-state index in [9.17, 15) is 14.4 Å². The minimum atomic E-state index is -1.01. The zero-order valence-electron chi connectivity index (χ0n) is 13.0. The smallest absolute Gasteiger partial charge is 0.335 e. The lowest BCUT2D eigenvalue weighted by atomic mass is 10.1. The highest BCUT2D eigenvalue weighted by Crippen LogP contribution is 2.24. The second-order valence-electron chi connectivity index (χ2n) is 5.27. The van der Waals surface area contributed by atoms with Crippen molar-refractivity contribution in [2.45, 2.75) is 0 Å². The summed E-state index contributed by atoms with van der Waals surface area (Å²) in [5.74, 6) is -1.32. The fourth-order valence-electron chi connectivity index (χ4n) is 2.25. The molecule has 1 fully saturated rings. The van der Waals surface area contributed by atoms with Crippen molar-refractivity contribution in [1.82, 2.24) is 10.2 Å². The number of nitrogens with zero attached hydrogens (tertiary/aromatic N) is 1. The number of nitrogens with one attached hydrogen (secondary N) is 1. The Bertz CT molecular complexity index is 927. The van der Waals surface area contributed by atoms with Gasteiger partial charge in [-0.05, 0) is 42.6 Å². The lowest BCUT2D eigenvalue weighted by molar-refractivity contribution is -0.128. The van der Waals surface area contributed by atoms with Crippen LogP contribution in [-0.4, -0.2) is 40.0 Å². The molecule has 1 aromatic carbocycles. The van der Waals surface area contributed by atoms with E-state index in [4.69, 9.17) is 21.7 Å². The lowest BCUT2D eigenvalue weighted by Crippen LogP contribution is -2.52. The third-order valence-electron chi connectivity index (χ3n) is 3.63. The molecule has 0 saturated carbocycles. The molecule has 126 valence electrons. The van der Waals surface area contributed by atoms with Gasteiger partial charge in [0.25, 0.3) is 11.8 Å². The van der Waals surface area contributed by atoms with Crippen LogP contribution in [0.2, 0.25) is 0 Å². The molecular weight excluding hydrogens is 344 g/mol. The largest absolute Gasteiger partial charge is 0.478 e. The molecular formula is C17H12N2O5S. The molecule has 25 heavy (non-hydrogen) atoms. The van der Waals surface area contributed by atoms with E-state index in [0.29, 0.717) is 17.1 Å². The van der Waals surface area contributed by atoms with Crippen LogP contribution in [0.1, 0.15) is 16.1 Å². The number of carbonyl (C=O) groups excluding carboxylic acids is 2. The van der Waals surface area contributed by atoms with Crippen molar-refractivity contribution >= 4 is 41.2 Å². The van der Waals surface area contributed by atoms with E-state index in [0.717, 1.165) is 4.90 Å². The summed E-state index contributed by atoms with van der Waals surface area (Å²) in [7, 11) is 1.47. The molecule has 2 N–H and O–H groups in total. The average molecular weight is 356 g/mol. The van der Waals surface area contributed by atoms with E-state index >= 15 is 0 Å². The van der Waals surface area contributed by atoms with Gasteiger partial charge in [0.15, 0.2) is 5.11 Å². The van der Waals surface area contributed by atoms with Gasteiger partial charge in [-0.25, -0.2) is 4.79 Å². The highest BCUT2D eigenvalue weighted by Gasteiger charge is 2.31. The van der Waals surface area contributed by atoms with Gasteiger partial charge in [-0.15, -0.1) is 0 Å². The summed E-state index contributed by atoms with van der Waals surface area (Å²) < 4.78 is 5.62. The van der Waals surface area contributed by atoms with Crippen LogP contribution in [0.5, 0.6) is 0 Å². The first-order valence-electron chi connectivity index (χ1n) is 7.15. The van der Waals surface area contributed by atoms with E-state index < -0.39 is 17.8 Å². The molecule has 2 aromatic rings. The zero-order valence-corrected chi connectivity index (χ0v) is 13.8. The van der Waals surface area contributed by atoms with Crippen molar-refractivity contribution in [2.75, 3.05) is 7.05 Å². The first kappa shape index (κ1) is 16.6. The van der Waals surface area contributed by atoms with Crippen LogP contribution < -0.4 is 5.32 Å². The molecule has 0 atom stereocenters. The molecule has 3 rings (SSSR count). The number of furan rings is 1. The number of carbonyl (C=O) groups is 3. The Kier molecular flexibility index (Phi) is 4.20. The number of benzene rings is 1. The van der Waals surface area contributed by atoms with E-state index in [-0.39, 0.29) is 16.2 Å². The summed E-state index contributed by atoms with van der Waals surface area (Å²) in [6.07, 6.45) is 1.34. The predicted octanol–water partition coefficient (Wildman–Crippen LogP) is 1.90. The van der Waals surface area contributed by atoms with Crippen LogP contribution >= 0.6 is 12.2 Å². The molecule has 0 aliphatic carbocycles. The minimum absolute atomic E-state index is 0.0470. The second kappa shape index (κ2) is 6.33. The quantitative estimate of drug-likeness (QED) is 0.495. The number of aromatic carboxylic acids is 1. The first-order chi connectivity index (χ1) is 11.9. The molecule has 0 unspecified atom stereocenters. The molecule has 2 heterocycles. The standard InChI is InChI=1S/C17H12N2O5S/c1-19-15(21)12(14(20)18-17(19)25)8-11-6-7-13(24-11)9-2-4-10(5-3-9)16(22)23/h2-8H,1H3,(H,22,23)(H,18,20,25)/b12-8+. The Morgan fingerprint density at radius 1 is 1.20 bits per heavy atom. The molecule has 1 aliphatic rings. The Labute approximate surface area is 147 Å². The SMILES string of the molecule is CN1C(=O)/C(=C/c2ccc(-c3ccc(C(=O)O)cc3)o2)C(=O)NC1=S. The molecule has 1 aromatic heterocycles. The maximum Gasteiger partial charge on any atom is 0.335 e. The van der Waals surface area contributed by atoms with Crippen molar-refractivity contribution < 1.29 is 23.9 Å². The van der Waals surface area contributed by atoms with Gasteiger partial charge in [0.05, 0.1) is 5.56 Å². The second-order valence-corrected chi connectivity index (χ2v) is 5.65. The molecule has 8 heteroatoms. The van der Waals surface area contributed by atoms with Crippen LogP contribution in [0.4, 0.5) is 0 Å². The number of likely N-dealkylation sites (N-methyl/N-ethyl adjacent to an activating group) is 1. The number of carboxylic acids is 1. The topological polar surface area (TPSA) is 99.8 Å². The summed E-state index contributed by atoms with van der Waals surface area (Å²) >= 11 is 4.88. The van der Waals surface area contributed by atoms with Gasteiger partial charge in [-0.1, -0.05) is 12.1 Å². The summed E-state index contributed by atoms with van der Waals surface area (Å²) in [6.45, 7) is 0. The van der Waals surface area contributed by atoms with Gasteiger partial charge in [0.2, 0.25) is 0 Å². The number of hydrogen-bond donors (Lipinski definition) is 2. The molecule has 0 bridgehead atoms. The van der Waals surface area contributed by atoms with E-state index in [1.54, 1.807) is 24.3 Å². The summed E-state index contributed by atoms with van der Waals surface area (Å²) in [5.41, 5.74) is 0.756. The Balaban J connectivity index is 1.88. The lowest BCUT2D eigenvalue weighted by Gasteiger charge is -2.24. The van der Waals surface area contributed by atoms with Gasteiger partial charge in [-0.3, -0.25) is 19.8 Å². The minimum Gasteiger partial charge on any atom is -0.478 e. The number of thiocarbonyl (C=S) groups is 1. The van der Waals surface area contributed by atoms with Crippen LogP contribution in [0.15, 0.2) is 46.4 Å². The number of rotatable bonds is 3. The monoisotopic (exact) mass is 356 g/mol. The van der Waals surface area contributed by atoms with Gasteiger partial charge >= 0.3 is 5.97 Å². The first-order valence-corrected chi connectivity index (χ1v) is 7.56. The van der Waals surface area contributed by atoms with Gasteiger partial charge in [0.1, 0.15) is 17.1 Å². The van der Waals surface area contributed by atoms with E-state index in [1.807, 2.05) is 0 Å². The fraction of sp³-hybridized carbons (Fsp3) is 0.0588. The van der Waals surface area contributed by atoms with E-state index in [1.165, 1.54) is 25.3 Å². The van der Waals surface area contributed by atoms with Crippen molar-refractivity contribution in [3.63, 3.8) is 0 Å². The third kappa shape index (κ3) is 3.20. The summed E-state index contributed by atoms with van der Waals surface area (Å²) in [4.78, 5) is 36.1. The highest BCUT2D eigenvalue weighted by atomic mass is 32.1. The summed E-state index contributed by atoms with van der Waals surface area (Å²) in [5, 5.41) is 11.4. The van der Waals surface area contributed by atoms with Crippen molar-refractivity contribution in [3.05, 3.63) is 53.3 Å². The molecule has 2 amide bonds.